The predicted octanol–water partition coefficient (Wildman–Crippen LogP) is 3.72. The van der Waals surface area contributed by atoms with Crippen LogP contribution in [0.5, 0.6) is 11.5 Å². The van der Waals surface area contributed by atoms with Gasteiger partial charge in [-0.05, 0) is 67.4 Å². The second-order valence-corrected chi connectivity index (χ2v) is 7.25. The molecule has 1 N–H and O–H groups in total. The summed E-state index contributed by atoms with van der Waals surface area (Å²) in [6, 6.07) is 13.0. The van der Waals surface area contributed by atoms with Crippen LogP contribution in [0.2, 0.25) is 0 Å². The number of carbonyl (C=O) groups excluding carboxylic acids is 1. The summed E-state index contributed by atoms with van der Waals surface area (Å²) in [5, 5.41) is 14.9. The molecule has 0 saturated heterocycles. The lowest BCUT2D eigenvalue weighted by atomic mass is 10.1. The zero-order valence-electron chi connectivity index (χ0n) is 16.6. The Kier molecular flexibility index (Phi) is 5.16. The molecule has 1 saturated carbocycles. The van der Waals surface area contributed by atoms with Gasteiger partial charge < -0.3 is 14.8 Å². The van der Waals surface area contributed by atoms with Crippen LogP contribution in [0.1, 0.15) is 43.1 Å². The van der Waals surface area contributed by atoms with Crippen molar-refractivity contribution in [3.8, 4) is 22.9 Å². The van der Waals surface area contributed by atoms with Crippen molar-refractivity contribution in [3.63, 3.8) is 0 Å². The molecule has 2 aromatic carbocycles. The third kappa shape index (κ3) is 4.21. The SMILES string of the molecule is COc1cc(C(=O)Nc2cccc(-c3nnnn3C3CC3)c2)ccc1OC(C)C. The highest BCUT2D eigenvalue weighted by atomic mass is 16.5. The Morgan fingerprint density at radius 2 is 2.00 bits per heavy atom. The van der Waals surface area contributed by atoms with Gasteiger partial charge in [0.25, 0.3) is 5.91 Å². The lowest BCUT2D eigenvalue weighted by Gasteiger charge is -2.14. The first kappa shape index (κ1) is 18.9. The number of tetrazole rings is 1. The minimum atomic E-state index is -0.238. The Morgan fingerprint density at radius 3 is 2.72 bits per heavy atom. The van der Waals surface area contributed by atoms with E-state index in [0.717, 1.165) is 18.4 Å². The number of hydrogen-bond donors (Lipinski definition) is 1. The van der Waals surface area contributed by atoms with Crippen molar-refractivity contribution in [1.29, 1.82) is 0 Å². The Hall–Kier alpha value is -3.42. The molecule has 4 rings (SSSR count). The summed E-state index contributed by atoms with van der Waals surface area (Å²) in [7, 11) is 1.55. The van der Waals surface area contributed by atoms with E-state index >= 15 is 0 Å². The van der Waals surface area contributed by atoms with Crippen molar-refractivity contribution in [1.82, 2.24) is 20.2 Å². The lowest BCUT2D eigenvalue weighted by molar-refractivity contribution is 0.102. The van der Waals surface area contributed by atoms with Crippen molar-refractivity contribution in [2.45, 2.75) is 38.8 Å². The Balaban J connectivity index is 1.53. The highest BCUT2D eigenvalue weighted by Crippen LogP contribution is 2.37. The van der Waals surface area contributed by atoms with Crippen molar-refractivity contribution < 1.29 is 14.3 Å². The predicted molar refractivity (Wildman–Crippen MR) is 108 cm³/mol. The van der Waals surface area contributed by atoms with E-state index in [4.69, 9.17) is 9.47 Å². The zero-order chi connectivity index (χ0) is 20.4. The molecular weight excluding hydrogens is 370 g/mol. The molecule has 0 spiro atoms. The van der Waals surface area contributed by atoms with Crippen molar-refractivity contribution in [3.05, 3.63) is 48.0 Å². The lowest BCUT2D eigenvalue weighted by Crippen LogP contribution is -2.13. The van der Waals surface area contributed by atoms with Gasteiger partial charge in [0.2, 0.25) is 0 Å². The van der Waals surface area contributed by atoms with Crippen molar-refractivity contribution in [2.24, 2.45) is 0 Å². The largest absolute Gasteiger partial charge is 0.493 e. The second kappa shape index (κ2) is 7.90. The summed E-state index contributed by atoms with van der Waals surface area (Å²) in [5.74, 6) is 1.59. The van der Waals surface area contributed by atoms with Crippen LogP contribution in [0, 0.1) is 0 Å². The van der Waals surface area contributed by atoms with Crippen molar-refractivity contribution in [2.75, 3.05) is 12.4 Å². The van der Waals surface area contributed by atoms with E-state index in [1.807, 2.05) is 42.8 Å². The maximum atomic E-state index is 12.7. The third-order valence-electron chi connectivity index (χ3n) is 4.55. The molecule has 0 radical (unpaired) electrons. The second-order valence-electron chi connectivity index (χ2n) is 7.25. The number of rotatable bonds is 7. The number of hydrogen-bond acceptors (Lipinski definition) is 6. The molecule has 0 aliphatic heterocycles. The Labute approximate surface area is 168 Å². The van der Waals surface area contributed by atoms with Gasteiger partial charge in [0.15, 0.2) is 17.3 Å². The van der Waals surface area contributed by atoms with Crippen LogP contribution in [0.25, 0.3) is 11.4 Å². The van der Waals surface area contributed by atoms with Gasteiger partial charge in [0, 0.05) is 16.8 Å². The summed E-state index contributed by atoms with van der Waals surface area (Å²) in [6.07, 6.45) is 2.19. The Bertz CT molecular complexity index is 1030. The third-order valence-corrected chi connectivity index (χ3v) is 4.55. The van der Waals surface area contributed by atoms with E-state index in [-0.39, 0.29) is 12.0 Å². The molecule has 8 heteroatoms. The fourth-order valence-electron chi connectivity index (χ4n) is 3.05. The minimum absolute atomic E-state index is 0.0125. The van der Waals surface area contributed by atoms with Crippen LogP contribution in [-0.4, -0.2) is 39.3 Å². The molecule has 0 bridgehead atoms. The summed E-state index contributed by atoms with van der Waals surface area (Å²) in [5.41, 5.74) is 2.00. The molecule has 1 fully saturated rings. The van der Waals surface area contributed by atoms with E-state index in [1.165, 1.54) is 0 Å². The molecule has 1 amide bonds. The first-order valence-corrected chi connectivity index (χ1v) is 9.59. The number of nitrogens with one attached hydrogen (secondary N) is 1. The summed E-state index contributed by atoms with van der Waals surface area (Å²) in [4.78, 5) is 12.7. The van der Waals surface area contributed by atoms with E-state index in [0.29, 0.717) is 34.6 Å². The fourth-order valence-corrected chi connectivity index (χ4v) is 3.05. The van der Waals surface area contributed by atoms with Crippen molar-refractivity contribution >= 4 is 11.6 Å². The maximum Gasteiger partial charge on any atom is 0.255 e. The minimum Gasteiger partial charge on any atom is -0.493 e. The molecule has 8 nitrogen and oxygen atoms in total. The van der Waals surface area contributed by atoms with Gasteiger partial charge in [-0.1, -0.05) is 12.1 Å². The molecule has 150 valence electrons. The maximum absolute atomic E-state index is 12.7. The average molecular weight is 393 g/mol. The standard InChI is InChI=1S/C21H23N5O3/c1-13(2)29-18-10-7-15(12-19(18)28-3)21(27)22-16-6-4-5-14(11-16)20-23-24-25-26(20)17-8-9-17/h4-7,10-13,17H,8-9H2,1-3H3,(H,22,27). The van der Waals surface area contributed by atoms with E-state index in [9.17, 15) is 4.79 Å². The number of ether oxygens (including phenoxy) is 2. The highest BCUT2D eigenvalue weighted by molar-refractivity contribution is 6.04. The smallest absolute Gasteiger partial charge is 0.255 e. The molecule has 1 aromatic heterocycles. The number of aromatic nitrogens is 4. The van der Waals surface area contributed by atoms with Gasteiger partial charge in [-0.2, -0.15) is 0 Å². The summed E-state index contributed by atoms with van der Waals surface area (Å²) < 4.78 is 12.9. The van der Waals surface area contributed by atoms with Gasteiger partial charge >= 0.3 is 0 Å². The number of carbonyl (C=O) groups is 1. The van der Waals surface area contributed by atoms with Crippen LogP contribution in [-0.2, 0) is 0 Å². The summed E-state index contributed by atoms with van der Waals surface area (Å²) in [6.45, 7) is 3.87. The van der Waals surface area contributed by atoms with Crippen LogP contribution in [0.15, 0.2) is 42.5 Å². The van der Waals surface area contributed by atoms with Crippen LogP contribution < -0.4 is 14.8 Å². The number of nitrogens with zero attached hydrogens (tertiary/aromatic N) is 4. The van der Waals surface area contributed by atoms with E-state index in [2.05, 4.69) is 20.8 Å². The number of methoxy groups -OCH3 is 1. The van der Waals surface area contributed by atoms with Gasteiger partial charge in [-0.25, -0.2) is 4.68 Å². The zero-order valence-corrected chi connectivity index (χ0v) is 16.6. The first-order valence-electron chi connectivity index (χ1n) is 9.59. The van der Waals surface area contributed by atoms with E-state index in [1.54, 1.807) is 25.3 Å². The monoisotopic (exact) mass is 393 g/mol. The topological polar surface area (TPSA) is 91.2 Å². The number of benzene rings is 2. The van der Waals surface area contributed by atoms with Crippen LogP contribution in [0.3, 0.4) is 0 Å². The quantitative estimate of drug-likeness (QED) is 0.658. The Morgan fingerprint density at radius 1 is 1.17 bits per heavy atom. The van der Waals surface area contributed by atoms with Crippen LogP contribution >= 0.6 is 0 Å². The summed E-state index contributed by atoms with van der Waals surface area (Å²) >= 11 is 0. The molecule has 0 unspecified atom stereocenters. The first-order chi connectivity index (χ1) is 14.0. The molecule has 1 aliphatic rings. The van der Waals surface area contributed by atoms with Gasteiger partial charge in [0.1, 0.15) is 0 Å². The average Bonchev–Trinajstić information content (AvgIpc) is 3.44. The van der Waals surface area contributed by atoms with Gasteiger partial charge in [0.05, 0.1) is 19.3 Å². The molecule has 3 aromatic rings. The molecule has 1 heterocycles. The molecule has 0 atom stereocenters. The van der Waals surface area contributed by atoms with E-state index < -0.39 is 0 Å². The highest BCUT2D eigenvalue weighted by Gasteiger charge is 2.28. The molecule has 29 heavy (non-hydrogen) atoms. The number of amides is 1. The van der Waals surface area contributed by atoms with Gasteiger partial charge in [-0.3, -0.25) is 4.79 Å². The fraction of sp³-hybridized carbons (Fsp3) is 0.333. The molecular formula is C21H23N5O3. The molecule has 1 aliphatic carbocycles. The van der Waals surface area contributed by atoms with Crippen LogP contribution in [0.4, 0.5) is 5.69 Å². The normalized spacial score (nSPS) is 13.4. The number of anilines is 1. The van der Waals surface area contributed by atoms with Gasteiger partial charge in [-0.15, -0.1) is 5.10 Å².